The monoisotopic (exact) mass is 637 g/mol. The van der Waals surface area contributed by atoms with E-state index in [9.17, 15) is 0 Å². The highest BCUT2D eigenvalue weighted by molar-refractivity contribution is 6.32. The molecule has 0 radical (unpaired) electrons. The van der Waals surface area contributed by atoms with Crippen LogP contribution in [0.15, 0.2) is 156 Å². The molecule has 48 heavy (non-hydrogen) atoms. The van der Waals surface area contributed by atoms with Crippen molar-refractivity contribution in [2.24, 2.45) is 0 Å². The van der Waals surface area contributed by atoms with Gasteiger partial charge in [-0.15, -0.1) is 0 Å². The summed E-state index contributed by atoms with van der Waals surface area (Å²) >= 11 is 6.67. The van der Waals surface area contributed by atoms with Crippen LogP contribution in [0.2, 0.25) is 5.02 Å². The fourth-order valence-corrected chi connectivity index (χ4v) is 6.85. The van der Waals surface area contributed by atoms with Crippen LogP contribution in [0.3, 0.4) is 0 Å². The third-order valence-electron chi connectivity index (χ3n) is 9.12. The number of hydrogen-bond donors (Lipinski definition) is 0. The summed E-state index contributed by atoms with van der Waals surface area (Å²) in [5.74, 6) is 2.14. The molecule has 0 bridgehead atoms. The molecule has 0 amide bonds. The Kier molecular flexibility index (Phi) is 6.95. The van der Waals surface area contributed by atoms with E-state index >= 15 is 0 Å². The first-order valence-corrected chi connectivity index (χ1v) is 16.4. The molecule has 0 aliphatic heterocycles. The summed E-state index contributed by atoms with van der Waals surface area (Å²) in [6, 6.07) is 43.7. The van der Waals surface area contributed by atoms with Crippen molar-refractivity contribution >= 4 is 44.3 Å². The van der Waals surface area contributed by atoms with E-state index in [4.69, 9.17) is 31.0 Å². The van der Waals surface area contributed by atoms with Gasteiger partial charge in [-0.05, 0) is 52.1 Å². The first-order valence-electron chi connectivity index (χ1n) is 16.1. The summed E-state index contributed by atoms with van der Waals surface area (Å²) in [6.07, 6.45) is 9.77. The lowest BCUT2D eigenvalue weighted by atomic mass is 9.91. The summed E-state index contributed by atoms with van der Waals surface area (Å²) in [5.41, 5.74) is 7.72. The van der Waals surface area contributed by atoms with Gasteiger partial charge in [-0.25, -0.2) is 15.0 Å². The van der Waals surface area contributed by atoms with Crippen LogP contribution in [0.25, 0.3) is 78.0 Å². The SMILES string of the molecule is Clc1cc(-c2nc(-c3ccc(-c4ccc(C5C=CC=CC5)cc4)cc3)nc(-c3ccc4ccccc4c3)n2)c2c(c1)oc1ccccc12. The van der Waals surface area contributed by atoms with E-state index in [-0.39, 0.29) is 0 Å². The fraction of sp³-hybridized carbons (Fsp3) is 0.0465. The zero-order chi connectivity index (χ0) is 32.0. The van der Waals surface area contributed by atoms with Crippen molar-refractivity contribution in [1.82, 2.24) is 15.0 Å². The third-order valence-corrected chi connectivity index (χ3v) is 9.34. The lowest BCUT2D eigenvalue weighted by Gasteiger charge is -2.14. The van der Waals surface area contributed by atoms with Crippen LogP contribution in [0.4, 0.5) is 0 Å². The van der Waals surface area contributed by atoms with Gasteiger partial charge in [-0.1, -0.05) is 139 Å². The number of para-hydroxylation sites is 1. The van der Waals surface area contributed by atoms with Gasteiger partial charge < -0.3 is 4.42 Å². The molecule has 8 aromatic rings. The van der Waals surface area contributed by atoms with Crippen molar-refractivity contribution in [1.29, 1.82) is 0 Å². The Hall–Kier alpha value is -5.84. The van der Waals surface area contributed by atoms with Crippen LogP contribution in [-0.4, -0.2) is 15.0 Å². The summed E-state index contributed by atoms with van der Waals surface area (Å²) in [6.45, 7) is 0. The molecule has 0 N–H and O–H groups in total. The van der Waals surface area contributed by atoms with Gasteiger partial charge in [0.2, 0.25) is 0 Å². The molecule has 0 saturated heterocycles. The second kappa shape index (κ2) is 11.8. The molecule has 228 valence electrons. The van der Waals surface area contributed by atoms with E-state index in [0.717, 1.165) is 55.8 Å². The maximum absolute atomic E-state index is 6.67. The maximum Gasteiger partial charge on any atom is 0.164 e. The van der Waals surface area contributed by atoms with Crippen LogP contribution >= 0.6 is 11.6 Å². The number of aromatic nitrogens is 3. The number of halogens is 1. The van der Waals surface area contributed by atoms with Gasteiger partial charge in [-0.2, -0.15) is 0 Å². The van der Waals surface area contributed by atoms with Crippen molar-refractivity contribution in [2.75, 3.05) is 0 Å². The van der Waals surface area contributed by atoms with Gasteiger partial charge in [-0.3, -0.25) is 0 Å². The molecular weight excluding hydrogens is 610 g/mol. The van der Waals surface area contributed by atoms with Gasteiger partial charge in [0.1, 0.15) is 11.2 Å². The number of allylic oxidation sites excluding steroid dienone is 4. The van der Waals surface area contributed by atoms with E-state index in [1.807, 2.05) is 42.5 Å². The summed E-state index contributed by atoms with van der Waals surface area (Å²) in [4.78, 5) is 15.2. The second-order valence-corrected chi connectivity index (χ2v) is 12.6. The zero-order valence-corrected chi connectivity index (χ0v) is 26.6. The second-order valence-electron chi connectivity index (χ2n) is 12.1. The quantitative estimate of drug-likeness (QED) is 0.188. The van der Waals surface area contributed by atoms with E-state index in [0.29, 0.717) is 34.0 Å². The molecule has 2 heterocycles. The maximum atomic E-state index is 6.67. The lowest BCUT2D eigenvalue weighted by Crippen LogP contribution is -2.00. The fourth-order valence-electron chi connectivity index (χ4n) is 6.64. The largest absolute Gasteiger partial charge is 0.456 e. The molecule has 0 fully saturated rings. The standard InChI is InChI=1S/C43H28ClN3O/c44-35-25-37(40-36-12-6-7-13-38(36)48-39(40)26-35)43-46-41(45-42(47-43)34-23-20-28-10-4-5-11-33(28)24-34)32-21-18-31(19-22-32)30-16-14-29(15-17-30)27-8-2-1-3-9-27/h1-8,10-27H,9H2. The Morgan fingerprint density at radius 1 is 0.562 bits per heavy atom. The van der Waals surface area contributed by atoms with Crippen molar-refractivity contribution in [3.63, 3.8) is 0 Å². The first kappa shape index (κ1) is 28.4. The number of furan rings is 1. The Morgan fingerprint density at radius 2 is 1.23 bits per heavy atom. The summed E-state index contributed by atoms with van der Waals surface area (Å²) in [5, 5.41) is 4.75. The molecule has 1 aliphatic carbocycles. The molecule has 9 rings (SSSR count). The van der Waals surface area contributed by atoms with Crippen LogP contribution in [0.1, 0.15) is 17.9 Å². The van der Waals surface area contributed by atoms with Crippen molar-refractivity contribution in [3.05, 3.63) is 162 Å². The van der Waals surface area contributed by atoms with E-state index in [2.05, 4.69) is 109 Å². The molecule has 2 aromatic heterocycles. The Labute approximate surface area is 282 Å². The van der Waals surface area contributed by atoms with Crippen LogP contribution in [0.5, 0.6) is 0 Å². The predicted molar refractivity (Wildman–Crippen MR) is 197 cm³/mol. The predicted octanol–water partition coefficient (Wildman–Crippen LogP) is 11.8. The smallest absolute Gasteiger partial charge is 0.164 e. The highest BCUT2D eigenvalue weighted by atomic mass is 35.5. The van der Waals surface area contributed by atoms with E-state index in [1.54, 1.807) is 0 Å². The van der Waals surface area contributed by atoms with Gasteiger partial charge in [0, 0.05) is 44.5 Å². The highest BCUT2D eigenvalue weighted by Gasteiger charge is 2.19. The Balaban J connectivity index is 1.16. The molecule has 5 heteroatoms. The summed E-state index contributed by atoms with van der Waals surface area (Å²) < 4.78 is 6.21. The highest BCUT2D eigenvalue weighted by Crippen LogP contribution is 2.39. The number of hydrogen-bond acceptors (Lipinski definition) is 4. The molecule has 0 saturated carbocycles. The average Bonchev–Trinajstić information content (AvgIpc) is 3.53. The van der Waals surface area contributed by atoms with Crippen LogP contribution in [-0.2, 0) is 0 Å². The minimum absolute atomic E-state index is 0.432. The van der Waals surface area contributed by atoms with E-state index in [1.165, 1.54) is 11.1 Å². The van der Waals surface area contributed by atoms with Gasteiger partial charge in [0.05, 0.1) is 0 Å². The average molecular weight is 638 g/mol. The molecule has 4 nitrogen and oxygen atoms in total. The molecular formula is C43H28ClN3O. The third kappa shape index (κ3) is 5.17. The minimum atomic E-state index is 0.432. The minimum Gasteiger partial charge on any atom is -0.456 e. The number of benzene rings is 6. The topological polar surface area (TPSA) is 51.8 Å². The van der Waals surface area contributed by atoms with Crippen molar-refractivity contribution < 1.29 is 4.42 Å². The number of nitrogens with zero attached hydrogens (tertiary/aromatic N) is 3. The first-order chi connectivity index (χ1) is 23.7. The molecule has 1 aliphatic rings. The molecule has 0 spiro atoms. The van der Waals surface area contributed by atoms with Crippen LogP contribution in [0, 0.1) is 0 Å². The summed E-state index contributed by atoms with van der Waals surface area (Å²) in [7, 11) is 0. The number of fused-ring (bicyclic) bond motifs is 4. The number of rotatable bonds is 5. The van der Waals surface area contributed by atoms with Crippen molar-refractivity contribution in [3.8, 4) is 45.3 Å². The zero-order valence-electron chi connectivity index (χ0n) is 25.8. The Bertz CT molecular complexity index is 2550. The van der Waals surface area contributed by atoms with Crippen molar-refractivity contribution in [2.45, 2.75) is 12.3 Å². The molecule has 1 atom stereocenters. The Morgan fingerprint density at radius 3 is 2.02 bits per heavy atom. The van der Waals surface area contributed by atoms with Gasteiger partial charge >= 0.3 is 0 Å². The lowest BCUT2D eigenvalue weighted by molar-refractivity contribution is 0.669. The van der Waals surface area contributed by atoms with Crippen LogP contribution < -0.4 is 0 Å². The van der Waals surface area contributed by atoms with E-state index < -0.39 is 0 Å². The normalized spacial score (nSPS) is 14.3. The van der Waals surface area contributed by atoms with Gasteiger partial charge in [0.25, 0.3) is 0 Å². The van der Waals surface area contributed by atoms with Gasteiger partial charge in [0.15, 0.2) is 17.5 Å². The molecule has 1 unspecified atom stereocenters. The molecule has 6 aromatic carbocycles.